The van der Waals surface area contributed by atoms with Crippen LogP contribution in [0.1, 0.15) is 29.6 Å². The molecule has 0 atom stereocenters. The molecule has 1 fully saturated rings. The van der Waals surface area contributed by atoms with Crippen molar-refractivity contribution in [1.29, 1.82) is 0 Å². The number of imidazole rings is 1. The normalized spacial score (nSPS) is 14.7. The number of amides is 1. The largest absolute Gasteiger partial charge is 0.349 e. The average Bonchev–Trinajstić information content (AvgIpc) is 2.94. The number of pyridine rings is 1. The van der Waals surface area contributed by atoms with E-state index < -0.39 is 0 Å². The third-order valence-electron chi connectivity index (χ3n) is 4.29. The molecule has 0 unspecified atom stereocenters. The number of hydrogen-bond donors (Lipinski definition) is 1. The van der Waals surface area contributed by atoms with Gasteiger partial charge >= 0.3 is 0 Å². The number of benzene rings is 1. The molecule has 3 aromatic rings. The predicted octanol–water partition coefficient (Wildman–Crippen LogP) is 3.42. The van der Waals surface area contributed by atoms with Gasteiger partial charge in [-0.15, -0.1) is 0 Å². The van der Waals surface area contributed by atoms with Gasteiger partial charge in [-0.3, -0.25) is 4.79 Å². The Morgan fingerprint density at radius 3 is 2.61 bits per heavy atom. The van der Waals surface area contributed by atoms with Crippen molar-refractivity contribution in [1.82, 2.24) is 14.7 Å². The van der Waals surface area contributed by atoms with E-state index in [1.54, 1.807) is 24.4 Å². The minimum absolute atomic E-state index is 0.0476. The summed E-state index contributed by atoms with van der Waals surface area (Å²) in [5.41, 5.74) is 2.97. The number of nitrogens with zero attached hydrogens (tertiary/aromatic N) is 2. The van der Waals surface area contributed by atoms with Gasteiger partial charge in [0, 0.05) is 24.0 Å². The lowest BCUT2D eigenvalue weighted by atomic mass is 9.93. The number of carbonyl (C=O) groups excluding carboxylic acids is 1. The van der Waals surface area contributed by atoms with Crippen LogP contribution in [0.5, 0.6) is 0 Å². The van der Waals surface area contributed by atoms with Crippen LogP contribution in [-0.4, -0.2) is 21.3 Å². The van der Waals surface area contributed by atoms with Crippen molar-refractivity contribution < 1.29 is 9.18 Å². The van der Waals surface area contributed by atoms with Crippen LogP contribution < -0.4 is 5.32 Å². The van der Waals surface area contributed by atoms with Gasteiger partial charge in [0.1, 0.15) is 11.5 Å². The summed E-state index contributed by atoms with van der Waals surface area (Å²) >= 11 is 0. The molecule has 2 heterocycles. The molecule has 116 valence electrons. The molecule has 4 nitrogen and oxygen atoms in total. The molecule has 5 heteroatoms. The first-order valence-corrected chi connectivity index (χ1v) is 7.74. The summed E-state index contributed by atoms with van der Waals surface area (Å²) in [7, 11) is 0. The van der Waals surface area contributed by atoms with Crippen LogP contribution in [0.25, 0.3) is 16.9 Å². The zero-order chi connectivity index (χ0) is 15.8. The summed E-state index contributed by atoms with van der Waals surface area (Å²) in [6, 6.07) is 10.1. The van der Waals surface area contributed by atoms with Gasteiger partial charge in [0.05, 0.1) is 11.3 Å². The Morgan fingerprint density at radius 2 is 1.91 bits per heavy atom. The smallest absolute Gasteiger partial charge is 0.252 e. The first-order chi connectivity index (χ1) is 11.2. The topological polar surface area (TPSA) is 46.4 Å². The van der Waals surface area contributed by atoms with Crippen molar-refractivity contribution in [3.8, 4) is 11.3 Å². The van der Waals surface area contributed by atoms with Gasteiger partial charge in [0.2, 0.25) is 0 Å². The zero-order valence-corrected chi connectivity index (χ0v) is 12.5. The predicted molar refractivity (Wildman–Crippen MR) is 85.7 cm³/mol. The molecule has 0 saturated heterocycles. The SMILES string of the molecule is O=C(NC1CCC1)c1ccc2nc(-c3ccc(F)cc3)cn2c1. The van der Waals surface area contributed by atoms with Gasteiger partial charge in [-0.2, -0.15) is 0 Å². The summed E-state index contributed by atoms with van der Waals surface area (Å²) in [5, 5.41) is 3.03. The lowest BCUT2D eigenvalue weighted by molar-refractivity contribution is 0.0916. The van der Waals surface area contributed by atoms with E-state index in [9.17, 15) is 9.18 Å². The molecule has 2 aromatic heterocycles. The molecule has 1 amide bonds. The Bertz CT molecular complexity index is 866. The third kappa shape index (κ3) is 2.70. The van der Waals surface area contributed by atoms with Gasteiger partial charge in [-0.25, -0.2) is 9.37 Å². The van der Waals surface area contributed by atoms with Crippen molar-refractivity contribution in [2.24, 2.45) is 0 Å². The fourth-order valence-electron chi connectivity index (χ4n) is 2.71. The van der Waals surface area contributed by atoms with Crippen LogP contribution in [0.15, 0.2) is 48.8 Å². The maximum atomic E-state index is 13.0. The second kappa shape index (κ2) is 5.50. The fourth-order valence-corrected chi connectivity index (χ4v) is 2.71. The number of aromatic nitrogens is 2. The van der Waals surface area contributed by atoms with E-state index in [0.29, 0.717) is 11.6 Å². The Hall–Kier alpha value is -2.69. The van der Waals surface area contributed by atoms with Gasteiger partial charge in [-0.1, -0.05) is 0 Å². The highest BCUT2D eigenvalue weighted by Gasteiger charge is 2.20. The van der Waals surface area contributed by atoms with E-state index in [1.807, 2.05) is 16.7 Å². The lowest BCUT2D eigenvalue weighted by Crippen LogP contribution is -2.39. The van der Waals surface area contributed by atoms with Gasteiger partial charge in [0.15, 0.2) is 0 Å². The summed E-state index contributed by atoms with van der Waals surface area (Å²) in [4.78, 5) is 16.7. The van der Waals surface area contributed by atoms with Crippen LogP contribution in [-0.2, 0) is 0 Å². The average molecular weight is 309 g/mol. The second-order valence-electron chi connectivity index (χ2n) is 5.92. The minimum Gasteiger partial charge on any atom is -0.349 e. The van der Waals surface area contributed by atoms with Gasteiger partial charge in [0.25, 0.3) is 5.91 Å². The number of hydrogen-bond acceptors (Lipinski definition) is 2. The van der Waals surface area contributed by atoms with E-state index in [0.717, 1.165) is 29.7 Å². The molecule has 0 spiro atoms. The van der Waals surface area contributed by atoms with E-state index >= 15 is 0 Å². The van der Waals surface area contributed by atoms with Crippen LogP contribution in [0.4, 0.5) is 4.39 Å². The minimum atomic E-state index is -0.271. The zero-order valence-electron chi connectivity index (χ0n) is 12.5. The van der Waals surface area contributed by atoms with E-state index in [4.69, 9.17) is 0 Å². The third-order valence-corrected chi connectivity index (χ3v) is 4.29. The number of halogens is 1. The number of fused-ring (bicyclic) bond motifs is 1. The van der Waals surface area contributed by atoms with Gasteiger partial charge < -0.3 is 9.72 Å². The monoisotopic (exact) mass is 309 g/mol. The Kier molecular flexibility index (Phi) is 3.33. The van der Waals surface area contributed by atoms with Crippen molar-refractivity contribution in [2.75, 3.05) is 0 Å². The number of nitrogens with one attached hydrogen (secondary N) is 1. The van der Waals surface area contributed by atoms with E-state index in [1.165, 1.54) is 18.6 Å². The highest BCUT2D eigenvalue weighted by Crippen LogP contribution is 2.21. The van der Waals surface area contributed by atoms with Crippen molar-refractivity contribution >= 4 is 11.6 Å². The molecule has 0 aliphatic heterocycles. The van der Waals surface area contributed by atoms with E-state index in [-0.39, 0.29) is 11.7 Å². The molecular weight excluding hydrogens is 293 g/mol. The molecule has 1 aliphatic carbocycles. The molecule has 23 heavy (non-hydrogen) atoms. The van der Waals surface area contributed by atoms with Gasteiger partial charge in [-0.05, 0) is 55.7 Å². The summed E-state index contributed by atoms with van der Waals surface area (Å²) in [6.07, 6.45) is 6.94. The Morgan fingerprint density at radius 1 is 1.13 bits per heavy atom. The van der Waals surface area contributed by atoms with Crippen molar-refractivity contribution in [3.05, 3.63) is 60.2 Å². The summed E-state index contributed by atoms with van der Waals surface area (Å²) < 4.78 is 14.8. The second-order valence-corrected chi connectivity index (χ2v) is 5.92. The molecule has 0 bridgehead atoms. The number of carbonyl (C=O) groups is 1. The highest BCUT2D eigenvalue weighted by atomic mass is 19.1. The molecular formula is C18H16FN3O. The maximum absolute atomic E-state index is 13.0. The van der Waals surface area contributed by atoms with Crippen molar-refractivity contribution in [2.45, 2.75) is 25.3 Å². The van der Waals surface area contributed by atoms with Crippen LogP contribution in [0.3, 0.4) is 0 Å². The first kappa shape index (κ1) is 13.9. The summed E-state index contributed by atoms with van der Waals surface area (Å²) in [6.45, 7) is 0. The highest BCUT2D eigenvalue weighted by molar-refractivity contribution is 5.94. The number of rotatable bonds is 3. The van der Waals surface area contributed by atoms with Crippen LogP contribution in [0, 0.1) is 5.82 Å². The lowest BCUT2D eigenvalue weighted by Gasteiger charge is -2.26. The molecule has 4 rings (SSSR count). The van der Waals surface area contributed by atoms with E-state index in [2.05, 4.69) is 10.3 Å². The molecule has 0 radical (unpaired) electrons. The quantitative estimate of drug-likeness (QED) is 0.806. The standard InChI is InChI=1S/C18H16FN3O/c19-14-7-4-12(5-8-14)16-11-22-10-13(6-9-17(22)21-16)18(23)20-15-2-1-3-15/h4-11,15H,1-3H2,(H,20,23). The molecule has 1 aliphatic rings. The molecule has 1 N–H and O–H groups in total. The van der Waals surface area contributed by atoms with Crippen LogP contribution >= 0.6 is 0 Å². The molecule has 1 saturated carbocycles. The Labute approximate surface area is 133 Å². The fraction of sp³-hybridized carbons (Fsp3) is 0.222. The maximum Gasteiger partial charge on any atom is 0.252 e. The summed E-state index contributed by atoms with van der Waals surface area (Å²) in [5.74, 6) is -0.318. The molecule has 1 aromatic carbocycles. The van der Waals surface area contributed by atoms with Crippen LogP contribution in [0.2, 0.25) is 0 Å². The first-order valence-electron chi connectivity index (χ1n) is 7.74. The van der Waals surface area contributed by atoms with Crippen molar-refractivity contribution in [3.63, 3.8) is 0 Å². The Balaban J connectivity index is 1.63.